The highest BCUT2D eigenvalue weighted by atomic mass is 19.1. The lowest BCUT2D eigenvalue weighted by molar-refractivity contribution is -0.122. The van der Waals surface area contributed by atoms with Crippen molar-refractivity contribution in [2.24, 2.45) is 0 Å². The smallest absolute Gasteiger partial charge is 0.265 e. The summed E-state index contributed by atoms with van der Waals surface area (Å²) in [5.41, 5.74) is -0.100. The summed E-state index contributed by atoms with van der Waals surface area (Å²) in [6, 6.07) is 9.61. The van der Waals surface area contributed by atoms with Crippen LogP contribution in [0.15, 0.2) is 42.5 Å². The van der Waals surface area contributed by atoms with Crippen LogP contribution in [0.3, 0.4) is 0 Å². The van der Waals surface area contributed by atoms with Crippen molar-refractivity contribution >= 4 is 11.6 Å². The molecule has 0 saturated heterocycles. The molecule has 0 unspecified atom stereocenters. The fourth-order valence-corrected chi connectivity index (χ4v) is 1.74. The Morgan fingerprint density at radius 3 is 2.32 bits per heavy atom. The molecule has 116 valence electrons. The quantitative estimate of drug-likeness (QED) is 0.921. The first-order valence-corrected chi connectivity index (χ1v) is 6.56. The first-order valence-electron chi connectivity index (χ1n) is 6.56. The van der Waals surface area contributed by atoms with Gasteiger partial charge in [0.1, 0.15) is 23.1 Å². The second-order valence-corrected chi connectivity index (χ2v) is 4.55. The summed E-state index contributed by atoms with van der Waals surface area (Å²) >= 11 is 0. The standard InChI is InChI=1S/C16H15F2NO3/c1-10(22-13-6-4-12(21-2)5-7-13)16(20)19-15-8-3-11(17)9-14(15)18/h3-10H,1-2H3,(H,19,20)/t10-/m1/s1. The molecule has 4 nitrogen and oxygen atoms in total. The van der Waals surface area contributed by atoms with E-state index in [-0.39, 0.29) is 5.69 Å². The predicted molar refractivity (Wildman–Crippen MR) is 78.1 cm³/mol. The van der Waals surface area contributed by atoms with Crippen LogP contribution in [-0.4, -0.2) is 19.1 Å². The van der Waals surface area contributed by atoms with Crippen LogP contribution in [0, 0.1) is 11.6 Å². The van der Waals surface area contributed by atoms with E-state index in [4.69, 9.17) is 9.47 Å². The van der Waals surface area contributed by atoms with Gasteiger partial charge in [-0.2, -0.15) is 0 Å². The molecule has 0 aromatic heterocycles. The van der Waals surface area contributed by atoms with E-state index in [2.05, 4.69) is 5.32 Å². The number of carbonyl (C=O) groups excluding carboxylic acids is 1. The van der Waals surface area contributed by atoms with E-state index in [1.807, 2.05) is 0 Å². The number of benzene rings is 2. The van der Waals surface area contributed by atoms with Crippen LogP contribution in [0.25, 0.3) is 0 Å². The normalized spacial score (nSPS) is 11.6. The van der Waals surface area contributed by atoms with E-state index in [0.29, 0.717) is 17.6 Å². The van der Waals surface area contributed by atoms with Crippen LogP contribution in [-0.2, 0) is 4.79 Å². The molecule has 2 aromatic rings. The summed E-state index contributed by atoms with van der Waals surface area (Å²) in [5.74, 6) is -0.954. The molecule has 2 aromatic carbocycles. The van der Waals surface area contributed by atoms with Crippen molar-refractivity contribution in [1.82, 2.24) is 0 Å². The Labute approximate surface area is 126 Å². The largest absolute Gasteiger partial charge is 0.497 e. The summed E-state index contributed by atoms with van der Waals surface area (Å²) in [7, 11) is 1.54. The van der Waals surface area contributed by atoms with Gasteiger partial charge >= 0.3 is 0 Å². The third-order valence-corrected chi connectivity index (χ3v) is 2.93. The van der Waals surface area contributed by atoms with Crippen molar-refractivity contribution in [1.29, 1.82) is 0 Å². The number of rotatable bonds is 5. The van der Waals surface area contributed by atoms with Crippen LogP contribution >= 0.6 is 0 Å². The zero-order valence-corrected chi connectivity index (χ0v) is 12.1. The monoisotopic (exact) mass is 307 g/mol. The van der Waals surface area contributed by atoms with Crippen molar-refractivity contribution in [3.05, 3.63) is 54.1 Å². The molecule has 1 amide bonds. The molecule has 0 heterocycles. The second-order valence-electron chi connectivity index (χ2n) is 4.55. The Morgan fingerprint density at radius 2 is 1.73 bits per heavy atom. The minimum Gasteiger partial charge on any atom is -0.497 e. The molecular formula is C16H15F2NO3. The average Bonchev–Trinajstić information content (AvgIpc) is 2.50. The number of ether oxygens (including phenoxy) is 2. The van der Waals surface area contributed by atoms with Crippen molar-refractivity contribution in [3.63, 3.8) is 0 Å². The maximum absolute atomic E-state index is 13.5. The molecule has 0 aliphatic heterocycles. The Kier molecular flexibility index (Phi) is 4.93. The number of halogens is 2. The van der Waals surface area contributed by atoms with Gasteiger partial charge in [-0.25, -0.2) is 8.78 Å². The van der Waals surface area contributed by atoms with E-state index >= 15 is 0 Å². The maximum atomic E-state index is 13.5. The number of amides is 1. The van der Waals surface area contributed by atoms with E-state index in [9.17, 15) is 13.6 Å². The highest BCUT2D eigenvalue weighted by Crippen LogP contribution is 2.19. The first-order chi connectivity index (χ1) is 10.5. The lowest BCUT2D eigenvalue weighted by Gasteiger charge is -2.15. The summed E-state index contributed by atoms with van der Waals surface area (Å²) in [4.78, 5) is 12.0. The highest BCUT2D eigenvalue weighted by Gasteiger charge is 2.16. The third-order valence-electron chi connectivity index (χ3n) is 2.93. The predicted octanol–water partition coefficient (Wildman–Crippen LogP) is 3.38. The zero-order chi connectivity index (χ0) is 16.1. The van der Waals surface area contributed by atoms with Crippen LogP contribution in [0.4, 0.5) is 14.5 Å². The highest BCUT2D eigenvalue weighted by molar-refractivity contribution is 5.94. The van der Waals surface area contributed by atoms with Gasteiger partial charge < -0.3 is 14.8 Å². The molecule has 6 heteroatoms. The lowest BCUT2D eigenvalue weighted by Crippen LogP contribution is -2.30. The minimum atomic E-state index is -0.849. The van der Waals surface area contributed by atoms with E-state index in [0.717, 1.165) is 12.1 Å². The van der Waals surface area contributed by atoms with Gasteiger partial charge in [0, 0.05) is 6.07 Å². The van der Waals surface area contributed by atoms with Gasteiger partial charge in [0.15, 0.2) is 6.10 Å². The van der Waals surface area contributed by atoms with E-state index in [1.54, 1.807) is 31.4 Å². The molecule has 1 N–H and O–H groups in total. The van der Waals surface area contributed by atoms with Crippen molar-refractivity contribution < 1.29 is 23.0 Å². The molecule has 0 spiro atoms. The molecule has 1 atom stereocenters. The molecular weight excluding hydrogens is 292 g/mol. The van der Waals surface area contributed by atoms with Gasteiger partial charge in [0.05, 0.1) is 12.8 Å². The Balaban J connectivity index is 1.99. The van der Waals surface area contributed by atoms with Gasteiger partial charge in [-0.05, 0) is 43.3 Å². The third kappa shape index (κ3) is 3.94. The summed E-state index contributed by atoms with van der Waals surface area (Å²) < 4.78 is 36.7. The molecule has 0 saturated carbocycles. The van der Waals surface area contributed by atoms with Crippen molar-refractivity contribution in [2.75, 3.05) is 12.4 Å². The SMILES string of the molecule is COc1ccc(O[C@H](C)C(=O)Nc2ccc(F)cc2F)cc1. The van der Waals surface area contributed by atoms with E-state index < -0.39 is 23.6 Å². The molecule has 0 radical (unpaired) electrons. The zero-order valence-electron chi connectivity index (χ0n) is 12.1. The number of anilines is 1. The maximum Gasteiger partial charge on any atom is 0.265 e. The van der Waals surface area contributed by atoms with Crippen molar-refractivity contribution in [2.45, 2.75) is 13.0 Å². The molecule has 0 aliphatic rings. The molecule has 2 rings (SSSR count). The number of carbonyl (C=O) groups is 1. The Morgan fingerprint density at radius 1 is 1.09 bits per heavy atom. The lowest BCUT2D eigenvalue weighted by atomic mass is 10.2. The first kappa shape index (κ1) is 15.8. The fraction of sp³-hybridized carbons (Fsp3) is 0.188. The van der Waals surface area contributed by atoms with Crippen molar-refractivity contribution in [3.8, 4) is 11.5 Å². The topological polar surface area (TPSA) is 47.6 Å². The summed E-state index contributed by atoms with van der Waals surface area (Å²) in [6.07, 6.45) is -0.849. The summed E-state index contributed by atoms with van der Waals surface area (Å²) in [6.45, 7) is 1.53. The number of methoxy groups -OCH3 is 1. The number of nitrogens with one attached hydrogen (secondary N) is 1. The fourth-order valence-electron chi connectivity index (χ4n) is 1.74. The number of hydrogen-bond donors (Lipinski definition) is 1. The van der Waals surface area contributed by atoms with E-state index in [1.165, 1.54) is 6.92 Å². The van der Waals surface area contributed by atoms with Crippen LogP contribution < -0.4 is 14.8 Å². The van der Waals surface area contributed by atoms with Crippen LogP contribution in [0.2, 0.25) is 0 Å². The van der Waals surface area contributed by atoms with Gasteiger partial charge in [0.2, 0.25) is 0 Å². The van der Waals surface area contributed by atoms with Gasteiger partial charge in [-0.3, -0.25) is 4.79 Å². The van der Waals surface area contributed by atoms with Crippen LogP contribution in [0.1, 0.15) is 6.92 Å². The van der Waals surface area contributed by atoms with Gasteiger partial charge in [-0.1, -0.05) is 0 Å². The summed E-state index contributed by atoms with van der Waals surface area (Å²) in [5, 5.41) is 2.35. The molecule has 0 fully saturated rings. The average molecular weight is 307 g/mol. The molecule has 0 aliphatic carbocycles. The number of hydrogen-bond acceptors (Lipinski definition) is 3. The molecule has 22 heavy (non-hydrogen) atoms. The van der Waals surface area contributed by atoms with Crippen LogP contribution in [0.5, 0.6) is 11.5 Å². The Hall–Kier alpha value is -2.63. The van der Waals surface area contributed by atoms with Gasteiger partial charge in [0.25, 0.3) is 5.91 Å². The minimum absolute atomic E-state index is 0.100. The second kappa shape index (κ2) is 6.89. The molecule has 0 bridgehead atoms. The Bertz CT molecular complexity index is 659. The van der Waals surface area contributed by atoms with Gasteiger partial charge in [-0.15, -0.1) is 0 Å².